The van der Waals surface area contributed by atoms with Gasteiger partial charge in [0.05, 0.1) is 17.3 Å². The molecule has 120 valence electrons. The Morgan fingerprint density at radius 2 is 1.88 bits per heavy atom. The fourth-order valence-electron chi connectivity index (χ4n) is 2.80. The van der Waals surface area contributed by atoms with Gasteiger partial charge in [0.2, 0.25) is 6.79 Å². The monoisotopic (exact) mass is 328 g/mol. The summed E-state index contributed by atoms with van der Waals surface area (Å²) in [5.74, 6) is 5.99. The lowest BCUT2D eigenvalue weighted by molar-refractivity contribution is 0.174. The molecule has 0 atom stereocenters. The van der Waals surface area contributed by atoms with Gasteiger partial charge in [0.15, 0.2) is 23.1 Å². The number of ether oxygens (including phenoxy) is 2. The van der Waals surface area contributed by atoms with Crippen molar-refractivity contribution in [3.8, 4) is 35.0 Å². The smallest absolute Gasteiger partial charge is 0.231 e. The van der Waals surface area contributed by atoms with E-state index >= 15 is 0 Å². The second kappa shape index (κ2) is 5.46. The number of fused-ring (bicyclic) bond motifs is 2. The molecule has 0 bridgehead atoms. The second-order valence-corrected chi connectivity index (χ2v) is 5.54. The third kappa shape index (κ3) is 2.32. The van der Waals surface area contributed by atoms with Crippen molar-refractivity contribution in [1.82, 2.24) is 9.55 Å². The minimum absolute atomic E-state index is 0.251. The molecule has 0 aliphatic carbocycles. The molecule has 0 saturated carbocycles. The van der Waals surface area contributed by atoms with Crippen molar-refractivity contribution in [2.45, 2.75) is 0 Å². The maximum Gasteiger partial charge on any atom is 0.231 e. The van der Waals surface area contributed by atoms with Gasteiger partial charge in [-0.15, -0.1) is 0 Å². The molecule has 1 aliphatic heterocycles. The molecule has 4 aromatic rings. The van der Waals surface area contributed by atoms with Crippen LogP contribution in [0.15, 0.2) is 65.3 Å². The zero-order valence-corrected chi connectivity index (χ0v) is 13.1. The van der Waals surface area contributed by atoms with Gasteiger partial charge in [0, 0.05) is 11.6 Å². The molecule has 2 aromatic heterocycles. The topological polar surface area (TPSA) is 49.4 Å². The average molecular weight is 328 g/mol. The van der Waals surface area contributed by atoms with E-state index < -0.39 is 0 Å². The van der Waals surface area contributed by atoms with Gasteiger partial charge in [0.1, 0.15) is 0 Å². The highest BCUT2D eigenvalue weighted by Gasteiger charge is 2.14. The van der Waals surface area contributed by atoms with Crippen molar-refractivity contribution in [2.24, 2.45) is 0 Å². The molecule has 0 radical (unpaired) electrons. The van der Waals surface area contributed by atoms with E-state index in [0.29, 0.717) is 17.3 Å². The van der Waals surface area contributed by atoms with Gasteiger partial charge in [0.25, 0.3) is 0 Å². The van der Waals surface area contributed by atoms with Gasteiger partial charge in [-0.1, -0.05) is 12.1 Å². The molecule has 1 aliphatic rings. The number of para-hydroxylation sites is 2. The summed E-state index contributed by atoms with van der Waals surface area (Å²) in [6.45, 7) is 0.251. The molecule has 0 N–H and O–H groups in total. The van der Waals surface area contributed by atoms with Crippen molar-refractivity contribution in [1.29, 1.82) is 0 Å². The van der Waals surface area contributed by atoms with Crippen molar-refractivity contribution in [3.05, 3.63) is 66.4 Å². The Bertz CT molecular complexity index is 1130. The third-order valence-corrected chi connectivity index (χ3v) is 3.99. The van der Waals surface area contributed by atoms with E-state index in [1.54, 1.807) is 6.26 Å². The molecule has 25 heavy (non-hydrogen) atoms. The van der Waals surface area contributed by atoms with Crippen LogP contribution >= 0.6 is 0 Å². The van der Waals surface area contributed by atoms with E-state index in [9.17, 15) is 0 Å². The van der Waals surface area contributed by atoms with Crippen molar-refractivity contribution < 1.29 is 13.9 Å². The fourth-order valence-corrected chi connectivity index (χ4v) is 2.80. The number of aromatic nitrogens is 2. The zero-order chi connectivity index (χ0) is 16.6. The summed E-state index contributed by atoms with van der Waals surface area (Å²) >= 11 is 0. The first-order valence-electron chi connectivity index (χ1n) is 7.81. The van der Waals surface area contributed by atoms with Crippen molar-refractivity contribution >= 4 is 11.0 Å². The van der Waals surface area contributed by atoms with E-state index in [0.717, 1.165) is 22.3 Å². The van der Waals surface area contributed by atoms with E-state index in [-0.39, 0.29) is 6.79 Å². The number of rotatable bonds is 1. The Balaban J connectivity index is 1.65. The molecule has 0 fully saturated rings. The summed E-state index contributed by atoms with van der Waals surface area (Å²) in [5, 5.41) is 0. The molecule has 0 saturated heterocycles. The Kier molecular flexibility index (Phi) is 3.01. The minimum atomic E-state index is 0.251. The third-order valence-electron chi connectivity index (χ3n) is 3.99. The van der Waals surface area contributed by atoms with Crippen LogP contribution in [0.25, 0.3) is 22.6 Å². The SMILES string of the molecule is C(#Cn1c(-c2ccco2)nc2ccccc21)c1ccc2c(c1)OCO2. The van der Waals surface area contributed by atoms with Crippen LogP contribution in [0.4, 0.5) is 0 Å². The van der Waals surface area contributed by atoms with E-state index in [2.05, 4.69) is 16.9 Å². The molecule has 0 amide bonds. The van der Waals surface area contributed by atoms with Gasteiger partial charge < -0.3 is 13.9 Å². The minimum Gasteiger partial charge on any atom is -0.461 e. The maximum absolute atomic E-state index is 5.51. The molecule has 0 spiro atoms. The number of benzene rings is 2. The number of hydrogen-bond donors (Lipinski definition) is 0. The highest BCUT2D eigenvalue weighted by atomic mass is 16.7. The highest BCUT2D eigenvalue weighted by Crippen LogP contribution is 2.32. The Morgan fingerprint density at radius 3 is 2.80 bits per heavy atom. The molecule has 0 unspecified atom stereocenters. The lowest BCUT2D eigenvalue weighted by Gasteiger charge is -1.98. The molecular formula is C20H12N2O3. The summed E-state index contributed by atoms with van der Waals surface area (Å²) < 4.78 is 18.1. The second-order valence-electron chi connectivity index (χ2n) is 5.54. The number of imidazole rings is 1. The van der Waals surface area contributed by atoms with Crippen LogP contribution in [0.1, 0.15) is 5.56 Å². The normalized spacial score (nSPS) is 12.2. The predicted octanol–water partition coefficient (Wildman–Crippen LogP) is 3.88. The molecular weight excluding hydrogens is 316 g/mol. The molecule has 3 heterocycles. The summed E-state index contributed by atoms with van der Waals surface area (Å²) in [4.78, 5) is 4.65. The van der Waals surface area contributed by atoms with Gasteiger partial charge in [-0.3, -0.25) is 0 Å². The quantitative estimate of drug-likeness (QED) is 0.498. The summed E-state index contributed by atoms with van der Waals surface area (Å²) in [7, 11) is 0. The van der Waals surface area contributed by atoms with Crippen LogP contribution in [0.3, 0.4) is 0 Å². The zero-order valence-electron chi connectivity index (χ0n) is 13.1. The number of hydrogen-bond acceptors (Lipinski definition) is 4. The van der Waals surface area contributed by atoms with E-state index in [1.807, 2.05) is 59.2 Å². The first kappa shape index (κ1) is 13.8. The number of nitrogens with zero attached hydrogens (tertiary/aromatic N) is 2. The number of furan rings is 1. The average Bonchev–Trinajstić information content (AvgIpc) is 3.38. The first-order chi connectivity index (χ1) is 12.4. The lowest BCUT2D eigenvalue weighted by atomic mass is 10.2. The Labute approximate surface area is 143 Å². The Morgan fingerprint density at radius 1 is 0.960 bits per heavy atom. The first-order valence-corrected chi connectivity index (χ1v) is 7.81. The standard InChI is InChI=1S/C20H12N2O3/c1-2-5-16-15(4-1)21-20(18-6-3-11-23-18)22(16)10-9-14-7-8-17-19(12-14)25-13-24-17/h1-8,11-12H,13H2. The fraction of sp³-hybridized carbons (Fsp3) is 0.0500. The van der Waals surface area contributed by atoms with Gasteiger partial charge in [-0.25, -0.2) is 9.55 Å². The van der Waals surface area contributed by atoms with Crippen LogP contribution in [0, 0.1) is 12.0 Å². The molecule has 5 rings (SSSR count). The summed E-state index contributed by atoms with van der Waals surface area (Å²) in [6, 6.07) is 20.4. The Hall–Kier alpha value is -3.65. The lowest BCUT2D eigenvalue weighted by Crippen LogP contribution is -1.93. The van der Waals surface area contributed by atoms with E-state index in [4.69, 9.17) is 13.9 Å². The summed E-state index contributed by atoms with van der Waals surface area (Å²) in [6.07, 6.45) is 1.63. The van der Waals surface area contributed by atoms with E-state index in [1.165, 1.54) is 0 Å². The summed E-state index contributed by atoms with van der Waals surface area (Å²) in [5.41, 5.74) is 2.64. The molecule has 5 heteroatoms. The van der Waals surface area contributed by atoms with Crippen molar-refractivity contribution in [3.63, 3.8) is 0 Å². The van der Waals surface area contributed by atoms with Gasteiger partial charge in [-0.05, 0) is 48.4 Å². The van der Waals surface area contributed by atoms with Gasteiger partial charge >= 0.3 is 0 Å². The molecule has 5 nitrogen and oxygen atoms in total. The van der Waals surface area contributed by atoms with Crippen LogP contribution in [-0.2, 0) is 0 Å². The molecule has 2 aromatic carbocycles. The predicted molar refractivity (Wildman–Crippen MR) is 92.3 cm³/mol. The van der Waals surface area contributed by atoms with Crippen LogP contribution in [0.2, 0.25) is 0 Å². The van der Waals surface area contributed by atoms with Crippen LogP contribution in [0.5, 0.6) is 11.5 Å². The maximum atomic E-state index is 5.51. The van der Waals surface area contributed by atoms with Crippen LogP contribution < -0.4 is 9.47 Å². The van der Waals surface area contributed by atoms with Crippen LogP contribution in [-0.4, -0.2) is 16.3 Å². The highest BCUT2D eigenvalue weighted by molar-refractivity contribution is 5.81. The largest absolute Gasteiger partial charge is 0.461 e. The van der Waals surface area contributed by atoms with Gasteiger partial charge in [-0.2, -0.15) is 0 Å². The van der Waals surface area contributed by atoms with Crippen molar-refractivity contribution in [2.75, 3.05) is 6.79 Å².